The molecule has 0 aromatic rings. The van der Waals surface area contributed by atoms with Crippen LogP contribution in [0.15, 0.2) is 0 Å². The van der Waals surface area contributed by atoms with Crippen molar-refractivity contribution in [1.82, 2.24) is 4.90 Å². The van der Waals surface area contributed by atoms with E-state index in [0.29, 0.717) is 11.8 Å². The van der Waals surface area contributed by atoms with E-state index in [-0.39, 0.29) is 6.04 Å². The lowest BCUT2D eigenvalue weighted by atomic mass is 10.0. The van der Waals surface area contributed by atoms with Crippen LogP contribution in [0, 0.1) is 0 Å². The van der Waals surface area contributed by atoms with Gasteiger partial charge in [0.15, 0.2) is 0 Å². The smallest absolute Gasteiger partial charge is 0.146 e. The Morgan fingerprint density at radius 1 is 1.38 bits per heavy atom. The second-order valence-electron chi connectivity index (χ2n) is 4.03. The minimum absolute atomic E-state index is 0.125. The van der Waals surface area contributed by atoms with Crippen LogP contribution in [-0.2, 0) is 4.79 Å². The zero-order valence-corrected chi connectivity index (χ0v) is 9.63. The average Bonchev–Trinajstić information content (AvgIpc) is 2.04. The van der Waals surface area contributed by atoms with Crippen molar-refractivity contribution in [3.05, 3.63) is 0 Å². The molecule has 0 saturated heterocycles. The summed E-state index contributed by atoms with van der Waals surface area (Å²) < 4.78 is 0. The van der Waals surface area contributed by atoms with E-state index in [1.807, 2.05) is 7.05 Å². The molecule has 1 unspecified atom stereocenters. The van der Waals surface area contributed by atoms with Crippen molar-refractivity contribution >= 4 is 5.78 Å². The monoisotopic (exact) mass is 185 g/mol. The highest BCUT2D eigenvalue weighted by Crippen LogP contribution is 2.11. The number of carbonyl (C=O) groups is 1. The van der Waals surface area contributed by atoms with Crippen molar-refractivity contribution < 1.29 is 4.79 Å². The fourth-order valence-corrected chi connectivity index (χ4v) is 1.45. The third kappa shape index (κ3) is 4.41. The summed E-state index contributed by atoms with van der Waals surface area (Å²) in [5.41, 5.74) is 0. The second kappa shape index (κ2) is 6.14. The van der Waals surface area contributed by atoms with Crippen LogP contribution in [0.25, 0.3) is 0 Å². The molecule has 0 spiro atoms. The summed E-state index contributed by atoms with van der Waals surface area (Å²) in [4.78, 5) is 13.5. The first-order chi connectivity index (χ1) is 6.00. The Kier molecular flexibility index (Phi) is 5.97. The minimum Gasteiger partial charge on any atom is -0.298 e. The predicted octanol–water partition coefficient (Wildman–Crippen LogP) is 2.47. The number of Topliss-reactive ketones (excluding diaryl/α,β-unsaturated/α-hetero) is 1. The van der Waals surface area contributed by atoms with Gasteiger partial charge in [-0.25, -0.2) is 0 Å². The summed E-state index contributed by atoms with van der Waals surface area (Å²) in [6.07, 6.45) is 3.30. The molecule has 0 amide bonds. The maximum Gasteiger partial charge on any atom is 0.146 e. The molecule has 0 aliphatic rings. The van der Waals surface area contributed by atoms with E-state index in [0.717, 1.165) is 19.3 Å². The van der Waals surface area contributed by atoms with Gasteiger partial charge < -0.3 is 0 Å². The first-order valence-electron chi connectivity index (χ1n) is 5.23. The van der Waals surface area contributed by atoms with Crippen LogP contribution in [0.2, 0.25) is 0 Å². The zero-order valence-electron chi connectivity index (χ0n) is 9.63. The number of likely N-dealkylation sites (N-methyl/N-ethyl adjacent to an activating group) is 1. The molecule has 0 aromatic heterocycles. The standard InChI is InChI=1S/C11H23NO/c1-6-7-8-11(10(4)13)12(5)9(2)3/h9,11H,6-8H2,1-5H3. The Morgan fingerprint density at radius 3 is 2.23 bits per heavy atom. The lowest BCUT2D eigenvalue weighted by Crippen LogP contribution is -2.41. The lowest BCUT2D eigenvalue weighted by molar-refractivity contribution is -0.122. The summed E-state index contributed by atoms with van der Waals surface area (Å²) in [5.74, 6) is 0.296. The topological polar surface area (TPSA) is 20.3 Å². The molecule has 0 saturated carbocycles. The molecule has 78 valence electrons. The SMILES string of the molecule is CCCCC(C(C)=O)N(C)C(C)C. The van der Waals surface area contributed by atoms with Crippen LogP contribution in [-0.4, -0.2) is 29.8 Å². The number of carbonyl (C=O) groups excluding carboxylic acids is 1. The van der Waals surface area contributed by atoms with Crippen molar-refractivity contribution in [3.63, 3.8) is 0 Å². The van der Waals surface area contributed by atoms with Crippen LogP contribution in [0.4, 0.5) is 0 Å². The fourth-order valence-electron chi connectivity index (χ4n) is 1.45. The highest BCUT2D eigenvalue weighted by Gasteiger charge is 2.20. The fraction of sp³-hybridized carbons (Fsp3) is 0.909. The summed E-state index contributed by atoms with van der Waals surface area (Å²) >= 11 is 0. The Balaban J connectivity index is 4.15. The first kappa shape index (κ1) is 12.6. The van der Waals surface area contributed by atoms with Gasteiger partial charge in [0.25, 0.3) is 0 Å². The summed E-state index contributed by atoms with van der Waals surface area (Å²) in [6.45, 7) is 8.11. The quantitative estimate of drug-likeness (QED) is 0.633. The van der Waals surface area contributed by atoms with Gasteiger partial charge in [0.05, 0.1) is 6.04 Å². The minimum atomic E-state index is 0.125. The van der Waals surface area contributed by atoms with Crippen molar-refractivity contribution in [2.75, 3.05) is 7.05 Å². The molecule has 0 aliphatic heterocycles. The summed E-state index contributed by atoms with van der Waals surface area (Å²) in [7, 11) is 2.03. The van der Waals surface area contributed by atoms with Crippen molar-refractivity contribution in [1.29, 1.82) is 0 Å². The largest absolute Gasteiger partial charge is 0.298 e. The third-order valence-electron chi connectivity index (χ3n) is 2.61. The van der Waals surface area contributed by atoms with Crippen molar-refractivity contribution in [2.24, 2.45) is 0 Å². The number of nitrogens with zero attached hydrogens (tertiary/aromatic N) is 1. The van der Waals surface area contributed by atoms with Crippen LogP contribution < -0.4 is 0 Å². The molecule has 0 fully saturated rings. The van der Waals surface area contributed by atoms with Crippen LogP contribution in [0.1, 0.15) is 47.0 Å². The maximum absolute atomic E-state index is 11.4. The zero-order chi connectivity index (χ0) is 10.4. The van der Waals surface area contributed by atoms with E-state index in [1.54, 1.807) is 6.92 Å². The van der Waals surface area contributed by atoms with Crippen molar-refractivity contribution in [2.45, 2.75) is 59.0 Å². The molecule has 0 radical (unpaired) electrons. The number of hydrogen-bond donors (Lipinski definition) is 0. The van der Waals surface area contributed by atoms with Gasteiger partial charge in [-0.3, -0.25) is 9.69 Å². The van der Waals surface area contributed by atoms with Gasteiger partial charge in [0.1, 0.15) is 5.78 Å². The van der Waals surface area contributed by atoms with Gasteiger partial charge in [-0.1, -0.05) is 19.8 Å². The molecular formula is C11H23NO. The maximum atomic E-state index is 11.4. The Bertz CT molecular complexity index is 154. The van der Waals surface area contributed by atoms with E-state index < -0.39 is 0 Å². The van der Waals surface area contributed by atoms with Gasteiger partial charge in [0.2, 0.25) is 0 Å². The molecule has 0 aliphatic carbocycles. The van der Waals surface area contributed by atoms with Gasteiger partial charge in [0, 0.05) is 6.04 Å². The van der Waals surface area contributed by atoms with E-state index in [2.05, 4.69) is 25.7 Å². The molecule has 13 heavy (non-hydrogen) atoms. The Labute approximate surface area is 82.3 Å². The molecular weight excluding hydrogens is 162 g/mol. The second-order valence-corrected chi connectivity index (χ2v) is 4.03. The Hall–Kier alpha value is -0.370. The molecule has 0 N–H and O–H groups in total. The number of rotatable bonds is 6. The highest BCUT2D eigenvalue weighted by molar-refractivity contribution is 5.81. The number of hydrogen-bond acceptors (Lipinski definition) is 2. The Morgan fingerprint density at radius 2 is 1.92 bits per heavy atom. The molecule has 2 nitrogen and oxygen atoms in total. The summed E-state index contributed by atoms with van der Waals surface area (Å²) in [5, 5.41) is 0. The molecule has 1 atom stereocenters. The molecule has 0 bridgehead atoms. The predicted molar refractivity (Wildman–Crippen MR) is 56.9 cm³/mol. The van der Waals surface area contributed by atoms with Gasteiger partial charge in [-0.2, -0.15) is 0 Å². The van der Waals surface area contributed by atoms with Crippen LogP contribution in [0.3, 0.4) is 0 Å². The normalized spacial score (nSPS) is 13.8. The van der Waals surface area contributed by atoms with Gasteiger partial charge >= 0.3 is 0 Å². The van der Waals surface area contributed by atoms with Crippen LogP contribution >= 0.6 is 0 Å². The molecule has 2 heteroatoms. The van der Waals surface area contributed by atoms with E-state index in [4.69, 9.17) is 0 Å². The van der Waals surface area contributed by atoms with E-state index >= 15 is 0 Å². The number of ketones is 1. The highest BCUT2D eigenvalue weighted by atomic mass is 16.1. The summed E-state index contributed by atoms with van der Waals surface area (Å²) in [6, 6.07) is 0.575. The van der Waals surface area contributed by atoms with Crippen LogP contribution in [0.5, 0.6) is 0 Å². The third-order valence-corrected chi connectivity index (χ3v) is 2.61. The molecule has 0 heterocycles. The number of unbranched alkanes of at least 4 members (excludes halogenated alkanes) is 1. The average molecular weight is 185 g/mol. The van der Waals surface area contributed by atoms with Gasteiger partial charge in [-0.05, 0) is 34.2 Å². The van der Waals surface area contributed by atoms with E-state index in [9.17, 15) is 4.79 Å². The van der Waals surface area contributed by atoms with Crippen molar-refractivity contribution in [3.8, 4) is 0 Å². The van der Waals surface area contributed by atoms with Gasteiger partial charge in [-0.15, -0.1) is 0 Å². The first-order valence-corrected chi connectivity index (χ1v) is 5.23. The lowest BCUT2D eigenvalue weighted by Gasteiger charge is -2.29. The van der Waals surface area contributed by atoms with E-state index in [1.165, 1.54) is 0 Å². The molecule has 0 aromatic carbocycles. The molecule has 0 rings (SSSR count).